The first-order valence-electron chi connectivity index (χ1n) is 9.33. The first kappa shape index (κ1) is 20.4. The summed E-state index contributed by atoms with van der Waals surface area (Å²) >= 11 is 0. The number of rotatable bonds is 6. The van der Waals surface area contributed by atoms with Crippen molar-refractivity contribution >= 4 is 11.8 Å². The van der Waals surface area contributed by atoms with Crippen LogP contribution in [0.4, 0.5) is 0 Å². The molecule has 0 spiro atoms. The molecule has 0 bridgehead atoms. The van der Waals surface area contributed by atoms with Crippen LogP contribution in [0.2, 0.25) is 0 Å². The second-order valence-corrected chi connectivity index (χ2v) is 7.51. The predicted octanol–water partition coefficient (Wildman–Crippen LogP) is 2.07. The Morgan fingerprint density at radius 2 is 1.81 bits per heavy atom. The van der Waals surface area contributed by atoms with Crippen molar-refractivity contribution < 1.29 is 14.3 Å². The van der Waals surface area contributed by atoms with Gasteiger partial charge in [-0.25, -0.2) is 0 Å². The highest BCUT2D eigenvalue weighted by atomic mass is 16.5. The first-order valence-corrected chi connectivity index (χ1v) is 9.33. The van der Waals surface area contributed by atoms with Crippen LogP contribution in [0, 0.1) is 0 Å². The summed E-state index contributed by atoms with van der Waals surface area (Å²) in [6, 6.07) is 7.35. The molecular weight excluding hydrogens is 330 g/mol. The molecule has 1 fully saturated rings. The van der Waals surface area contributed by atoms with E-state index in [9.17, 15) is 9.59 Å². The molecule has 144 valence electrons. The fourth-order valence-corrected chi connectivity index (χ4v) is 3.31. The molecule has 0 aliphatic carbocycles. The topological polar surface area (TPSA) is 84.7 Å². The Bertz CT molecular complexity index is 618. The van der Waals surface area contributed by atoms with Gasteiger partial charge in [0.05, 0.1) is 17.7 Å². The van der Waals surface area contributed by atoms with E-state index in [2.05, 4.69) is 5.32 Å². The molecule has 1 saturated heterocycles. The van der Waals surface area contributed by atoms with Crippen LogP contribution in [-0.2, 0) is 16.1 Å². The third kappa shape index (κ3) is 5.29. The molecule has 1 aromatic carbocycles. The van der Waals surface area contributed by atoms with Gasteiger partial charge in [-0.05, 0) is 44.9 Å². The smallest absolute Gasteiger partial charge is 0.254 e. The largest absolute Gasteiger partial charge is 0.372 e. The lowest BCUT2D eigenvalue weighted by molar-refractivity contribution is -0.126. The third-order valence-corrected chi connectivity index (χ3v) is 4.65. The Morgan fingerprint density at radius 3 is 2.35 bits per heavy atom. The number of carbonyl (C=O) groups is 2. The Labute approximate surface area is 156 Å². The number of nitrogens with zero attached hydrogens (tertiary/aromatic N) is 1. The van der Waals surface area contributed by atoms with Crippen LogP contribution in [0.1, 0.15) is 56.5 Å². The maximum atomic E-state index is 12.7. The molecule has 1 heterocycles. The second kappa shape index (κ2) is 8.64. The molecule has 3 unspecified atom stereocenters. The van der Waals surface area contributed by atoms with Crippen molar-refractivity contribution in [1.82, 2.24) is 10.2 Å². The second-order valence-electron chi connectivity index (χ2n) is 7.51. The number of morpholine rings is 1. The summed E-state index contributed by atoms with van der Waals surface area (Å²) in [7, 11) is 0. The van der Waals surface area contributed by atoms with Gasteiger partial charge in [-0.2, -0.15) is 0 Å². The molecule has 0 saturated carbocycles. The van der Waals surface area contributed by atoms with E-state index in [1.807, 2.05) is 49.9 Å². The molecule has 3 atom stereocenters. The molecule has 1 aliphatic heterocycles. The molecular formula is C20H31N3O3. The van der Waals surface area contributed by atoms with Crippen molar-refractivity contribution in [2.75, 3.05) is 13.1 Å². The SMILES string of the molecule is CCCC(C)(N)C(=O)NCc1ccc(C(=O)N2CC(C)OC(C)C2)cc1. The maximum Gasteiger partial charge on any atom is 0.254 e. The zero-order valence-electron chi connectivity index (χ0n) is 16.2. The predicted molar refractivity (Wildman–Crippen MR) is 102 cm³/mol. The summed E-state index contributed by atoms with van der Waals surface area (Å²) in [5.41, 5.74) is 6.76. The van der Waals surface area contributed by atoms with Gasteiger partial charge in [-0.1, -0.05) is 25.5 Å². The van der Waals surface area contributed by atoms with Crippen LogP contribution in [0.25, 0.3) is 0 Å². The average Bonchev–Trinajstić information content (AvgIpc) is 2.58. The molecule has 2 amide bonds. The van der Waals surface area contributed by atoms with Crippen molar-refractivity contribution in [2.45, 2.75) is 64.8 Å². The number of carbonyl (C=O) groups excluding carboxylic acids is 2. The van der Waals surface area contributed by atoms with E-state index >= 15 is 0 Å². The Balaban J connectivity index is 1.93. The lowest BCUT2D eigenvalue weighted by Crippen LogP contribution is -2.51. The summed E-state index contributed by atoms with van der Waals surface area (Å²) in [5.74, 6) is -0.143. The van der Waals surface area contributed by atoms with E-state index in [1.165, 1.54) is 0 Å². The van der Waals surface area contributed by atoms with E-state index in [1.54, 1.807) is 6.92 Å². The zero-order valence-corrected chi connectivity index (χ0v) is 16.2. The van der Waals surface area contributed by atoms with Gasteiger partial charge in [0.1, 0.15) is 0 Å². The minimum Gasteiger partial charge on any atom is -0.372 e. The highest BCUT2D eigenvalue weighted by molar-refractivity contribution is 5.94. The van der Waals surface area contributed by atoms with Crippen molar-refractivity contribution in [2.24, 2.45) is 5.73 Å². The molecule has 2 rings (SSSR count). The summed E-state index contributed by atoms with van der Waals surface area (Å²) < 4.78 is 5.68. The number of ether oxygens (including phenoxy) is 1. The van der Waals surface area contributed by atoms with Gasteiger partial charge >= 0.3 is 0 Å². The van der Waals surface area contributed by atoms with Crippen LogP contribution in [0.3, 0.4) is 0 Å². The molecule has 1 aromatic rings. The highest BCUT2D eigenvalue weighted by Gasteiger charge is 2.27. The molecule has 26 heavy (non-hydrogen) atoms. The molecule has 0 aromatic heterocycles. The molecule has 6 nitrogen and oxygen atoms in total. The van der Waals surface area contributed by atoms with Gasteiger partial charge in [-0.15, -0.1) is 0 Å². The summed E-state index contributed by atoms with van der Waals surface area (Å²) in [5, 5.41) is 2.87. The lowest BCUT2D eigenvalue weighted by atomic mass is 9.96. The third-order valence-electron chi connectivity index (χ3n) is 4.65. The number of benzene rings is 1. The van der Waals surface area contributed by atoms with Gasteiger partial charge in [-0.3, -0.25) is 9.59 Å². The van der Waals surface area contributed by atoms with Crippen molar-refractivity contribution in [3.05, 3.63) is 35.4 Å². The minimum atomic E-state index is -0.853. The molecule has 0 radical (unpaired) electrons. The Hall–Kier alpha value is -1.92. The van der Waals surface area contributed by atoms with Gasteiger partial charge < -0.3 is 20.7 Å². The highest BCUT2D eigenvalue weighted by Crippen LogP contribution is 2.15. The Kier molecular flexibility index (Phi) is 6.78. The van der Waals surface area contributed by atoms with E-state index in [4.69, 9.17) is 10.5 Å². The van der Waals surface area contributed by atoms with Crippen molar-refractivity contribution in [3.8, 4) is 0 Å². The van der Waals surface area contributed by atoms with Crippen LogP contribution in [0.5, 0.6) is 0 Å². The zero-order chi connectivity index (χ0) is 19.3. The quantitative estimate of drug-likeness (QED) is 0.812. The standard InChI is InChI=1S/C20H31N3O3/c1-5-10-20(4,21)19(25)22-11-16-6-8-17(9-7-16)18(24)23-12-14(2)26-15(3)13-23/h6-9,14-15H,5,10-13,21H2,1-4H3,(H,22,25). The van der Waals surface area contributed by atoms with E-state index in [-0.39, 0.29) is 24.0 Å². The Morgan fingerprint density at radius 1 is 1.23 bits per heavy atom. The van der Waals surface area contributed by atoms with Gasteiger partial charge in [0.2, 0.25) is 5.91 Å². The van der Waals surface area contributed by atoms with Crippen LogP contribution in [0.15, 0.2) is 24.3 Å². The fraction of sp³-hybridized carbons (Fsp3) is 0.600. The number of hydrogen-bond donors (Lipinski definition) is 2. The molecule has 6 heteroatoms. The van der Waals surface area contributed by atoms with Gasteiger partial charge in [0, 0.05) is 25.2 Å². The van der Waals surface area contributed by atoms with Crippen molar-refractivity contribution in [3.63, 3.8) is 0 Å². The van der Waals surface area contributed by atoms with Crippen LogP contribution < -0.4 is 11.1 Å². The van der Waals surface area contributed by atoms with Gasteiger partial charge in [0.25, 0.3) is 5.91 Å². The molecule has 1 aliphatic rings. The summed E-state index contributed by atoms with van der Waals surface area (Å²) in [6.45, 7) is 9.31. The normalized spacial score (nSPS) is 22.6. The van der Waals surface area contributed by atoms with E-state index in [0.717, 1.165) is 12.0 Å². The number of nitrogens with one attached hydrogen (secondary N) is 1. The number of amides is 2. The monoisotopic (exact) mass is 361 g/mol. The van der Waals surface area contributed by atoms with E-state index in [0.29, 0.717) is 31.6 Å². The fourth-order valence-electron chi connectivity index (χ4n) is 3.31. The van der Waals surface area contributed by atoms with Gasteiger partial charge in [0.15, 0.2) is 0 Å². The van der Waals surface area contributed by atoms with E-state index < -0.39 is 5.54 Å². The summed E-state index contributed by atoms with van der Waals surface area (Å²) in [6.07, 6.45) is 1.59. The lowest BCUT2D eigenvalue weighted by Gasteiger charge is -2.35. The number of nitrogens with two attached hydrogens (primary N) is 1. The maximum absolute atomic E-state index is 12.7. The minimum absolute atomic E-state index is 0.0139. The number of hydrogen-bond acceptors (Lipinski definition) is 4. The van der Waals surface area contributed by atoms with Crippen LogP contribution in [-0.4, -0.2) is 47.6 Å². The van der Waals surface area contributed by atoms with Crippen LogP contribution >= 0.6 is 0 Å². The first-order chi connectivity index (χ1) is 12.2. The van der Waals surface area contributed by atoms with Crippen molar-refractivity contribution in [1.29, 1.82) is 0 Å². The molecule has 3 N–H and O–H groups in total. The summed E-state index contributed by atoms with van der Waals surface area (Å²) in [4.78, 5) is 26.7. The average molecular weight is 361 g/mol.